The lowest BCUT2D eigenvalue weighted by atomic mass is 9.86. The second kappa shape index (κ2) is 6.87. The highest BCUT2D eigenvalue weighted by atomic mass is 16.6. The van der Waals surface area contributed by atoms with Gasteiger partial charge in [0.25, 0.3) is 0 Å². The molecule has 2 rings (SSSR count). The number of fused-ring (bicyclic) bond motifs is 1. The van der Waals surface area contributed by atoms with Gasteiger partial charge in [0.1, 0.15) is 0 Å². The van der Waals surface area contributed by atoms with E-state index in [1.165, 1.54) is 0 Å². The molecule has 0 fully saturated rings. The minimum atomic E-state index is -0.348. The molecule has 0 saturated carbocycles. The number of rotatable bonds is 4. The third-order valence-corrected chi connectivity index (χ3v) is 4.05. The van der Waals surface area contributed by atoms with Crippen molar-refractivity contribution in [3.8, 4) is 11.5 Å². The molecular weight excluding hydrogens is 284 g/mol. The topological polar surface area (TPSA) is 74.0 Å². The Balaban J connectivity index is 2.56. The Kier molecular flexibility index (Phi) is 5.13. The van der Waals surface area contributed by atoms with E-state index in [0.29, 0.717) is 24.7 Å². The average Bonchev–Trinajstić information content (AvgIpc) is 2.52. The molecule has 0 bridgehead atoms. The maximum absolute atomic E-state index is 12.3. The molecule has 1 aliphatic heterocycles. The lowest BCUT2D eigenvalue weighted by Gasteiger charge is -2.38. The molecule has 0 saturated heterocycles. The Morgan fingerprint density at radius 3 is 2.50 bits per heavy atom. The minimum absolute atomic E-state index is 0.0122. The van der Waals surface area contributed by atoms with E-state index in [-0.39, 0.29) is 18.1 Å². The van der Waals surface area contributed by atoms with Crippen LogP contribution in [0.25, 0.3) is 0 Å². The fourth-order valence-electron chi connectivity index (χ4n) is 3.00. The maximum Gasteiger partial charge on any atom is 0.414 e. The third kappa shape index (κ3) is 2.83. The summed E-state index contributed by atoms with van der Waals surface area (Å²) in [6, 6.07) is 3.74. The van der Waals surface area contributed by atoms with Gasteiger partial charge in [0, 0.05) is 18.0 Å². The Bertz CT molecular complexity index is 547. The molecular formula is C16H24N2O4. The van der Waals surface area contributed by atoms with Crippen LogP contribution in [0, 0.1) is 0 Å². The van der Waals surface area contributed by atoms with Crippen molar-refractivity contribution in [3.05, 3.63) is 17.7 Å². The Labute approximate surface area is 131 Å². The van der Waals surface area contributed by atoms with Crippen LogP contribution in [0.5, 0.6) is 11.5 Å². The van der Waals surface area contributed by atoms with Crippen molar-refractivity contribution in [1.82, 2.24) is 0 Å². The molecule has 0 spiro atoms. The lowest BCUT2D eigenvalue weighted by Crippen LogP contribution is -2.44. The van der Waals surface area contributed by atoms with Gasteiger partial charge in [-0.15, -0.1) is 0 Å². The summed E-state index contributed by atoms with van der Waals surface area (Å²) in [5.74, 6) is 1.40. The number of amides is 1. The Morgan fingerprint density at radius 2 is 1.95 bits per heavy atom. The van der Waals surface area contributed by atoms with Gasteiger partial charge < -0.3 is 19.9 Å². The number of ether oxygens (including phenoxy) is 3. The predicted octanol–water partition coefficient (Wildman–Crippen LogP) is 2.50. The molecule has 1 aliphatic rings. The van der Waals surface area contributed by atoms with Crippen LogP contribution in [0.2, 0.25) is 0 Å². The third-order valence-electron chi connectivity index (χ3n) is 4.05. The summed E-state index contributed by atoms with van der Waals surface area (Å²) < 4.78 is 15.9. The molecule has 6 nitrogen and oxygen atoms in total. The standard InChI is InChI=1S/C16H24N2O4/c1-5-22-16(19)18-10(2)6-11(9-17)12-7-14(20-3)15(21-4)8-13(12)18/h7-8,10-11H,5-6,9,17H2,1-4H3. The molecule has 2 atom stereocenters. The quantitative estimate of drug-likeness (QED) is 0.925. The molecule has 1 aromatic carbocycles. The zero-order chi connectivity index (χ0) is 16.3. The van der Waals surface area contributed by atoms with Crippen molar-refractivity contribution in [2.75, 3.05) is 32.3 Å². The van der Waals surface area contributed by atoms with Gasteiger partial charge >= 0.3 is 6.09 Å². The van der Waals surface area contributed by atoms with Crippen molar-refractivity contribution in [2.24, 2.45) is 5.73 Å². The van der Waals surface area contributed by atoms with E-state index in [9.17, 15) is 4.79 Å². The van der Waals surface area contributed by atoms with Crippen molar-refractivity contribution >= 4 is 11.8 Å². The molecule has 0 aliphatic carbocycles. The molecule has 0 aromatic heterocycles. The summed E-state index contributed by atoms with van der Waals surface area (Å²) in [7, 11) is 3.17. The first-order valence-electron chi connectivity index (χ1n) is 7.49. The van der Waals surface area contributed by atoms with Crippen molar-refractivity contribution in [2.45, 2.75) is 32.2 Å². The Morgan fingerprint density at radius 1 is 1.32 bits per heavy atom. The highest BCUT2D eigenvalue weighted by Gasteiger charge is 2.35. The zero-order valence-corrected chi connectivity index (χ0v) is 13.6. The Hall–Kier alpha value is -1.95. The predicted molar refractivity (Wildman–Crippen MR) is 84.9 cm³/mol. The van der Waals surface area contributed by atoms with Gasteiger partial charge in [0.15, 0.2) is 11.5 Å². The molecule has 6 heteroatoms. The first-order valence-corrected chi connectivity index (χ1v) is 7.49. The first kappa shape index (κ1) is 16.4. The number of nitrogens with zero attached hydrogens (tertiary/aromatic N) is 1. The van der Waals surface area contributed by atoms with Crippen LogP contribution >= 0.6 is 0 Å². The number of benzene rings is 1. The van der Waals surface area contributed by atoms with Crippen molar-refractivity contribution < 1.29 is 19.0 Å². The van der Waals surface area contributed by atoms with E-state index in [2.05, 4.69) is 0 Å². The molecule has 0 radical (unpaired) electrons. The van der Waals surface area contributed by atoms with E-state index < -0.39 is 0 Å². The number of hydrogen-bond acceptors (Lipinski definition) is 5. The van der Waals surface area contributed by atoms with Gasteiger partial charge in [-0.05, 0) is 38.4 Å². The number of methoxy groups -OCH3 is 2. The van der Waals surface area contributed by atoms with Crippen molar-refractivity contribution in [1.29, 1.82) is 0 Å². The van der Waals surface area contributed by atoms with E-state index in [4.69, 9.17) is 19.9 Å². The maximum atomic E-state index is 12.3. The van der Waals surface area contributed by atoms with Gasteiger partial charge in [0.2, 0.25) is 0 Å². The molecule has 1 aromatic rings. The molecule has 1 amide bonds. The zero-order valence-electron chi connectivity index (χ0n) is 13.6. The molecule has 2 unspecified atom stereocenters. The fraction of sp³-hybridized carbons (Fsp3) is 0.562. The van der Waals surface area contributed by atoms with Gasteiger partial charge in [-0.25, -0.2) is 4.79 Å². The second-order valence-corrected chi connectivity index (χ2v) is 5.35. The monoisotopic (exact) mass is 308 g/mol. The average molecular weight is 308 g/mol. The number of hydrogen-bond donors (Lipinski definition) is 1. The van der Waals surface area contributed by atoms with Crippen LogP contribution in [0.15, 0.2) is 12.1 Å². The highest BCUT2D eigenvalue weighted by molar-refractivity contribution is 5.91. The van der Waals surface area contributed by atoms with Crippen LogP contribution in [0.1, 0.15) is 31.7 Å². The van der Waals surface area contributed by atoms with Crippen LogP contribution in [-0.4, -0.2) is 39.5 Å². The van der Waals surface area contributed by atoms with Gasteiger partial charge in [0.05, 0.1) is 26.5 Å². The van der Waals surface area contributed by atoms with E-state index in [1.54, 1.807) is 26.0 Å². The number of nitrogens with two attached hydrogens (primary N) is 1. The number of carbonyl (C=O) groups excluding carboxylic acids is 1. The second-order valence-electron chi connectivity index (χ2n) is 5.35. The molecule has 22 heavy (non-hydrogen) atoms. The number of carbonyl (C=O) groups is 1. The fourth-order valence-corrected chi connectivity index (χ4v) is 3.00. The van der Waals surface area contributed by atoms with Crippen LogP contribution in [0.4, 0.5) is 10.5 Å². The minimum Gasteiger partial charge on any atom is -0.493 e. The van der Waals surface area contributed by atoms with Crippen LogP contribution in [0.3, 0.4) is 0 Å². The summed E-state index contributed by atoms with van der Waals surface area (Å²) >= 11 is 0. The normalized spacial score (nSPS) is 20.3. The highest BCUT2D eigenvalue weighted by Crippen LogP contribution is 2.44. The summed E-state index contributed by atoms with van der Waals surface area (Å²) in [6.45, 7) is 4.65. The van der Waals surface area contributed by atoms with E-state index >= 15 is 0 Å². The molecule has 1 heterocycles. The molecule has 2 N–H and O–H groups in total. The lowest BCUT2D eigenvalue weighted by molar-refractivity contribution is 0.156. The van der Waals surface area contributed by atoms with Gasteiger partial charge in [-0.2, -0.15) is 0 Å². The van der Waals surface area contributed by atoms with E-state index in [0.717, 1.165) is 17.7 Å². The summed E-state index contributed by atoms with van der Waals surface area (Å²) in [4.78, 5) is 14.0. The SMILES string of the molecule is CCOC(=O)N1c2cc(OC)c(OC)cc2C(CN)CC1C. The smallest absolute Gasteiger partial charge is 0.414 e. The van der Waals surface area contributed by atoms with Crippen LogP contribution < -0.4 is 20.1 Å². The summed E-state index contributed by atoms with van der Waals surface area (Å²) in [5.41, 5.74) is 7.69. The van der Waals surface area contributed by atoms with Gasteiger partial charge in [-0.1, -0.05) is 0 Å². The first-order chi connectivity index (χ1) is 10.6. The molecule has 122 valence electrons. The largest absolute Gasteiger partial charge is 0.493 e. The summed E-state index contributed by atoms with van der Waals surface area (Å²) in [5, 5.41) is 0. The number of anilines is 1. The van der Waals surface area contributed by atoms with Crippen LogP contribution in [-0.2, 0) is 4.74 Å². The van der Waals surface area contributed by atoms with Crippen molar-refractivity contribution in [3.63, 3.8) is 0 Å². The van der Waals surface area contributed by atoms with Gasteiger partial charge in [-0.3, -0.25) is 4.90 Å². The summed E-state index contributed by atoms with van der Waals surface area (Å²) in [6.07, 6.45) is 0.441. The van der Waals surface area contributed by atoms with E-state index in [1.807, 2.05) is 19.1 Å².